The second-order valence-electron chi connectivity index (χ2n) is 11.1. The third kappa shape index (κ3) is 9.52. The van der Waals surface area contributed by atoms with Gasteiger partial charge >= 0.3 is 20.1 Å². The van der Waals surface area contributed by atoms with Gasteiger partial charge in [0.05, 0.1) is 5.82 Å². The van der Waals surface area contributed by atoms with Crippen molar-refractivity contribution in [1.82, 2.24) is 19.5 Å². The zero-order valence-electron chi connectivity index (χ0n) is 26.3. The van der Waals surface area contributed by atoms with Gasteiger partial charge < -0.3 is 14.5 Å². The third-order valence-corrected chi connectivity index (χ3v) is 7.79. The SMILES string of the molecule is Cn1ccnc1-c1[c-]cccc1.[Ir+3].[c-]1cc(CCc2cccc(CCc3ccc(-c4[c-]cccc4)nc3)c2)ccc1-c1ccccn1. The molecule has 5 heteroatoms. The summed E-state index contributed by atoms with van der Waals surface area (Å²) in [6.07, 6.45) is 11.5. The van der Waals surface area contributed by atoms with Crippen molar-refractivity contribution in [3.8, 4) is 33.9 Å². The van der Waals surface area contributed by atoms with Crippen LogP contribution in [0.5, 0.6) is 0 Å². The number of hydrogen-bond acceptors (Lipinski definition) is 3. The average molecular weight is 788 g/mol. The number of hydrogen-bond donors (Lipinski definition) is 0. The van der Waals surface area contributed by atoms with Crippen LogP contribution in [0, 0.1) is 18.2 Å². The smallest absolute Gasteiger partial charge is 0.373 e. The summed E-state index contributed by atoms with van der Waals surface area (Å²) < 4.78 is 1.98. The van der Waals surface area contributed by atoms with Gasteiger partial charge in [-0.15, -0.1) is 107 Å². The Balaban J connectivity index is 0.000000280. The van der Waals surface area contributed by atoms with Crippen LogP contribution in [-0.4, -0.2) is 19.5 Å². The molecule has 7 aromatic rings. The minimum atomic E-state index is 0. The van der Waals surface area contributed by atoms with Gasteiger partial charge in [-0.05, 0) is 53.4 Å². The van der Waals surface area contributed by atoms with Crippen LogP contribution < -0.4 is 0 Å². The molecule has 0 saturated carbocycles. The van der Waals surface area contributed by atoms with Gasteiger partial charge in [0.15, 0.2) is 0 Å². The van der Waals surface area contributed by atoms with Crippen molar-refractivity contribution < 1.29 is 20.1 Å². The fourth-order valence-corrected chi connectivity index (χ4v) is 5.25. The van der Waals surface area contributed by atoms with Crippen LogP contribution in [0.25, 0.3) is 33.9 Å². The number of aromatic nitrogens is 4. The van der Waals surface area contributed by atoms with Gasteiger partial charge in [-0.2, -0.15) is 0 Å². The van der Waals surface area contributed by atoms with Gasteiger partial charge in [0.2, 0.25) is 0 Å². The molecule has 47 heavy (non-hydrogen) atoms. The number of rotatable bonds is 9. The number of pyridine rings is 2. The summed E-state index contributed by atoms with van der Waals surface area (Å²) in [6, 6.07) is 51.1. The fourth-order valence-electron chi connectivity index (χ4n) is 5.25. The van der Waals surface area contributed by atoms with E-state index in [1.54, 1.807) is 6.20 Å². The minimum absolute atomic E-state index is 0. The molecule has 7 rings (SSSR count). The third-order valence-electron chi connectivity index (χ3n) is 7.79. The summed E-state index contributed by atoms with van der Waals surface area (Å²) in [5, 5.41) is 0. The van der Waals surface area contributed by atoms with E-state index >= 15 is 0 Å². The first kappa shape index (κ1) is 33.4. The molecule has 0 unspecified atom stereocenters. The first-order valence-electron chi connectivity index (χ1n) is 15.6. The van der Waals surface area contributed by atoms with E-state index in [0.29, 0.717) is 0 Å². The van der Waals surface area contributed by atoms with Gasteiger partial charge in [0, 0.05) is 31.8 Å². The maximum Gasteiger partial charge on any atom is 3.00 e. The molecule has 0 aliphatic carbocycles. The minimum Gasteiger partial charge on any atom is -0.373 e. The predicted octanol–water partition coefficient (Wildman–Crippen LogP) is 8.87. The van der Waals surface area contributed by atoms with Crippen molar-refractivity contribution in [2.45, 2.75) is 25.7 Å². The number of imidazole rings is 1. The second kappa shape index (κ2) is 17.1. The average Bonchev–Trinajstić information content (AvgIpc) is 3.57. The fraction of sp³-hybridized carbons (Fsp3) is 0.119. The predicted molar refractivity (Wildman–Crippen MR) is 186 cm³/mol. The molecule has 0 atom stereocenters. The number of aryl methyl sites for hydroxylation is 5. The van der Waals surface area contributed by atoms with Gasteiger partial charge in [0.25, 0.3) is 0 Å². The van der Waals surface area contributed by atoms with Crippen molar-refractivity contribution in [3.63, 3.8) is 0 Å². The maximum absolute atomic E-state index is 4.63. The Morgan fingerprint density at radius 2 is 1.19 bits per heavy atom. The Hall–Kier alpha value is -4.96. The van der Waals surface area contributed by atoms with E-state index in [-0.39, 0.29) is 20.1 Å². The molecule has 0 aliphatic heterocycles. The van der Waals surface area contributed by atoms with Gasteiger partial charge in [-0.1, -0.05) is 55.0 Å². The summed E-state index contributed by atoms with van der Waals surface area (Å²) in [5.74, 6) is 0.954. The molecule has 0 amide bonds. The van der Waals surface area contributed by atoms with Crippen LogP contribution in [0.1, 0.15) is 22.3 Å². The van der Waals surface area contributed by atoms with Crippen molar-refractivity contribution in [2.75, 3.05) is 0 Å². The summed E-state index contributed by atoms with van der Waals surface area (Å²) in [7, 11) is 1.98. The van der Waals surface area contributed by atoms with E-state index < -0.39 is 0 Å². The molecule has 4 nitrogen and oxygen atoms in total. The van der Waals surface area contributed by atoms with Crippen LogP contribution in [-0.2, 0) is 52.8 Å². The molecule has 3 heterocycles. The molecule has 0 aliphatic rings. The molecule has 232 valence electrons. The van der Waals surface area contributed by atoms with Crippen LogP contribution in [0.2, 0.25) is 0 Å². The van der Waals surface area contributed by atoms with Crippen LogP contribution in [0.4, 0.5) is 0 Å². The molecule has 0 saturated heterocycles. The van der Waals surface area contributed by atoms with Crippen LogP contribution >= 0.6 is 0 Å². The Bertz CT molecular complexity index is 1820. The molecule has 0 radical (unpaired) electrons. The topological polar surface area (TPSA) is 43.6 Å². The molecule has 0 N–H and O–H groups in total. The molecule has 4 aromatic carbocycles. The molecule has 3 aromatic heterocycles. The van der Waals surface area contributed by atoms with Crippen molar-refractivity contribution in [3.05, 3.63) is 187 Å². The zero-order valence-corrected chi connectivity index (χ0v) is 28.7. The quantitative estimate of drug-likeness (QED) is 0.138. The molecule has 0 spiro atoms. The monoisotopic (exact) mass is 788 g/mol. The number of nitrogens with zero attached hydrogens (tertiary/aromatic N) is 4. The zero-order chi connectivity index (χ0) is 31.4. The maximum atomic E-state index is 4.63. The first-order chi connectivity index (χ1) is 22.7. The Morgan fingerprint density at radius 3 is 1.79 bits per heavy atom. The summed E-state index contributed by atoms with van der Waals surface area (Å²) in [5.41, 5.74) is 10.3. The Labute approximate surface area is 291 Å². The normalized spacial score (nSPS) is 10.4. The number of benzene rings is 4. The Morgan fingerprint density at radius 1 is 0.532 bits per heavy atom. The van der Waals surface area contributed by atoms with Crippen molar-refractivity contribution >= 4 is 0 Å². The molecular weight excluding hydrogens is 753 g/mol. The Kier molecular flexibility index (Phi) is 12.1. The summed E-state index contributed by atoms with van der Waals surface area (Å²) >= 11 is 0. The van der Waals surface area contributed by atoms with E-state index in [1.165, 1.54) is 22.3 Å². The standard InChI is InChI=1S/C32H26N2.C10H9N2.Ir/c1-2-9-29(10-3-1)32-21-18-28(24-34-32)15-14-27-8-6-7-26(23-27)13-12-25-16-19-30(20-17-25)31-11-4-5-22-33-31;1-12-8-7-11-10(12)9-5-3-2-4-6-9;/h1-9,11,16-19,21-24H,12-15H2;2-5,7-8H,1H3;/q-2;-1;+3. The van der Waals surface area contributed by atoms with E-state index in [2.05, 4.69) is 87.7 Å². The van der Waals surface area contributed by atoms with E-state index in [1.807, 2.05) is 96.9 Å². The van der Waals surface area contributed by atoms with E-state index in [4.69, 9.17) is 0 Å². The molecular formula is C42H35IrN4. The van der Waals surface area contributed by atoms with E-state index in [9.17, 15) is 0 Å². The van der Waals surface area contributed by atoms with Gasteiger partial charge in [-0.3, -0.25) is 4.98 Å². The van der Waals surface area contributed by atoms with Gasteiger partial charge in [0.1, 0.15) is 0 Å². The summed E-state index contributed by atoms with van der Waals surface area (Å²) in [6.45, 7) is 0. The van der Waals surface area contributed by atoms with Crippen molar-refractivity contribution in [1.29, 1.82) is 0 Å². The van der Waals surface area contributed by atoms with Crippen LogP contribution in [0.3, 0.4) is 0 Å². The molecule has 0 bridgehead atoms. The van der Waals surface area contributed by atoms with Crippen molar-refractivity contribution in [2.24, 2.45) is 7.05 Å². The largest absolute Gasteiger partial charge is 3.00 e. The first-order valence-corrected chi connectivity index (χ1v) is 15.6. The van der Waals surface area contributed by atoms with Gasteiger partial charge in [-0.25, -0.2) is 0 Å². The second-order valence-corrected chi connectivity index (χ2v) is 11.1. The van der Waals surface area contributed by atoms with Crippen LogP contribution in [0.15, 0.2) is 146 Å². The molecule has 0 fully saturated rings. The van der Waals surface area contributed by atoms with E-state index in [0.717, 1.165) is 59.6 Å². The summed E-state index contributed by atoms with van der Waals surface area (Å²) in [4.78, 5) is 13.2.